The number of rotatable bonds is 4. The molecule has 1 aromatic rings. The van der Waals surface area contributed by atoms with E-state index in [0.717, 1.165) is 24.9 Å². The van der Waals surface area contributed by atoms with E-state index < -0.39 is 9.84 Å². The maximum atomic E-state index is 11.7. The van der Waals surface area contributed by atoms with Gasteiger partial charge >= 0.3 is 0 Å². The third-order valence-corrected chi connectivity index (χ3v) is 5.69. The summed E-state index contributed by atoms with van der Waals surface area (Å²) in [5, 5.41) is 3.69. The summed E-state index contributed by atoms with van der Waals surface area (Å²) in [5.74, 6) is 0.634. The molecule has 2 atom stereocenters. The van der Waals surface area contributed by atoms with Crippen LogP contribution in [0.1, 0.15) is 25.7 Å². The normalized spacial score (nSPS) is 23.4. The van der Waals surface area contributed by atoms with Gasteiger partial charge in [0.05, 0.1) is 17.4 Å². The summed E-state index contributed by atoms with van der Waals surface area (Å²) in [6, 6.07) is 5.69. The second-order valence-corrected chi connectivity index (χ2v) is 8.04. The molecule has 2 rings (SSSR count). The molecular formula is C14H20ClNO3S. The fraction of sp³-hybridized carbons (Fsp3) is 0.571. The first-order valence-electron chi connectivity index (χ1n) is 6.69. The predicted molar refractivity (Wildman–Crippen MR) is 82.5 cm³/mol. The number of benzene rings is 1. The second-order valence-electron chi connectivity index (χ2n) is 5.31. The Kier molecular flexibility index (Phi) is 4.81. The Bertz CT molecular complexity index is 574. The van der Waals surface area contributed by atoms with E-state index in [9.17, 15) is 8.42 Å². The van der Waals surface area contributed by atoms with Gasteiger partial charge in [-0.3, -0.25) is 0 Å². The van der Waals surface area contributed by atoms with Crippen LogP contribution in [0, 0.1) is 0 Å². The number of sulfone groups is 1. The summed E-state index contributed by atoms with van der Waals surface area (Å²) in [6.07, 6.45) is 4.65. The molecule has 1 aromatic carbocycles. The molecule has 0 radical (unpaired) electrons. The number of anilines is 1. The van der Waals surface area contributed by atoms with Crippen molar-refractivity contribution in [2.45, 2.75) is 37.0 Å². The summed E-state index contributed by atoms with van der Waals surface area (Å²) in [5.41, 5.74) is 0.898. The first-order valence-corrected chi connectivity index (χ1v) is 9.02. The summed E-state index contributed by atoms with van der Waals surface area (Å²) >= 11 is 6.09. The van der Waals surface area contributed by atoms with Gasteiger partial charge in [0, 0.05) is 18.0 Å². The molecule has 2 unspecified atom stereocenters. The van der Waals surface area contributed by atoms with Crippen molar-refractivity contribution in [1.29, 1.82) is 0 Å². The molecule has 0 bridgehead atoms. The third kappa shape index (κ3) is 3.79. The molecule has 1 fully saturated rings. The minimum Gasteiger partial charge on any atom is -0.495 e. The fourth-order valence-electron chi connectivity index (χ4n) is 2.66. The lowest BCUT2D eigenvalue weighted by Gasteiger charge is -2.29. The van der Waals surface area contributed by atoms with Crippen molar-refractivity contribution in [3.63, 3.8) is 0 Å². The van der Waals surface area contributed by atoms with Crippen LogP contribution < -0.4 is 10.1 Å². The number of hydrogen-bond donors (Lipinski definition) is 1. The number of ether oxygens (including phenoxy) is 1. The number of hydrogen-bond acceptors (Lipinski definition) is 4. The van der Waals surface area contributed by atoms with Gasteiger partial charge in [0.2, 0.25) is 0 Å². The molecule has 0 saturated heterocycles. The van der Waals surface area contributed by atoms with Gasteiger partial charge < -0.3 is 10.1 Å². The largest absolute Gasteiger partial charge is 0.495 e. The molecule has 1 saturated carbocycles. The lowest BCUT2D eigenvalue weighted by atomic mass is 9.95. The zero-order chi connectivity index (χ0) is 14.8. The fourth-order valence-corrected chi connectivity index (χ4v) is 4.09. The zero-order valence-electron chi connectivity index (χ0n) is 11.7. The molecule has 1 N–H and O–H groups in total. The second kappa shape index (κ2) is 6.22. The minimum absolute atomic E-state index is 0.174. The van der Waals surface area contributed by atoms with Crippen molar-refractivity contribution in [2.75, 3.05) is 18.7 Å². The molecule has 0 heterocycles. The van der Waals surface area contributed by atoms with E-state index in [2.05, 4.69) is 5.32 Å². The van der Waals surface area contributed by atoms with Crippen molar-refractivity contribution in [1.82, 2.24) is 0 Å². The lowest BCUT2D eigenvalue weighted by molar-refractivity contribution is 0.415. The molecule has 6 heteroatoms. The highest BCUT2D eigenvalue weighted by molar-refractivity contribution is 7.91. The molecule has 112 valence electrons. The lowest BCUT2D eigenvalue weighted by Crippen LogP contribution is -2.34. The van der Waals surface area contributed by atoms with E-state index in [4.69, 9.17) is 16.3 Å². The van der Waals surface area contributed by atoms with Gasteiger partial charge in [-0.25, -0.2) is 8.42 Å². The zero-order valence-corrected chi connectivity index (χ0v) is 13.3. The van der Waals surface area contributed by atoms with Crippen LogP contribution in [0.4, 0.5) is 5.69 Å². The number of halogens is 1. The van der Waals surface area contributed by atoms with E-state index in [0.29, 0.717) is 17.2 Å². The average molecular weight is 318 g/mol. The number of nitrogens with one attached hydrogen (secondary N) is 1. The van der Waals surface area contributed by atoms with Gasteiger partial charge in [0.15, 0.2) is 0 Å². The van der Waals surface area contributed by atoms with Gasteiger partial charge in [-0.2, -0.15) is 0 Å². The van der Waals surface area contributed by atoms with E-state index in [1.54, 1.807) is 7.11 Å². The van der Waals surface area contributed by atoms with E-state index in [-0.39, 0.29) is 11.3 Å². The van der Waals surface area contributed by atoms with Crippen molar-refractivity contribution in [3.05, 3.63) is 23.2 Å². The Balaban J connectivity index is 2.04. The van der Waals surface area contributed by atoms with E-state index >= 15 is 0 Å². The first kappa shape index (κ1) is 15.4. The molecule has 0 aliphatic heterocycles. The molecule has 0 amide bonds. The highest BCUT2D eigenvalue weighted by Gasteiger charge is 2.28. The Morgan fingerprint density at radius 2 is 2.10 bits per heavy atom. The van der Waals surface area contributed by atoms with Crippen molar-refractivity contribution >= 4 is 27.1 Å². The Morgan fingerprint density at radius 1 is 1.35 bits per heavy atom. The minimum atomic E-state index is -2.96. The van der Waals surface area contributed by atoms with Crippen LogP contribution in [0.15, 0.2) is 18.2 Å². The van der Waals surface area contributed by atoms with E-state index in [1.807, 2.05) is 18.2 Å². The summed E-state index contributed by atoms with van der Waals surface area (Å²) < 4.78 is 28.4. The third-order valence-electron chi connectivity index (χ3n) is 3.75. The smallest absolute Gasteiger partial charge is 0.150 e. The molecule has 4 nitrogen and oxygen atoms in total. The number of methoxy groups -OCH3 is 1. The van der Waals surface area contributed by atoms with Gasteiger partial charge in [0.1, 0.15) is 15.6 Å². The highest BCUT2D eigenvalue weighted by Crippen LogP contribution is 2.30. The van der Waals surface area contributed by atoms with Gasteiger partial charge in [-0.1, -0.05) is 18.0 Å². The molecule has 1 aliphatic rings. The summed E-state index contributed by atoms with van der Waals surface area (Å²) in [6.45, 7) is 0. The molecular weight excluding hydrogens is 298 g/mol. The van der Waals surface area contributed by atoms with Crippen LogP contribution in [0.2, 0.25) is 5.02 Å². The van der Waals surface area contributed by atoms with Gasteiger partial charge in [-0.15, -0.1) is 0 Å². The van der Waals surface area contributed by atoms with Crippen LogP contribution in [0.25, 0.3) is 0 Å². The Hall–Kier alpha value is -0.940. The van der Waals surface area contributed by atoms with E-state index in [1.165, 1.54) is 6.26 Å². The van der Waals surface area contributed by atoms with Gasteiger partial charge in [0.25, 0.3) is 0 Å². The summed E-state index contributed by atoms with van der Waals surface area (Å²) in [7, 11) is -1.38. The van der Waals surface area contributed by atoms with Crippen LogP contribution in [0.3, 0.4) is 0 Å². The molecule has 20 heavy (non-hydrogen) atoms. The maximum Gasteiger partial charge on any atom is 0.150 e. The quantitative estimate of drug-likeness (QED) is 0.927. The average Bonchev–Trinajstić information content (AvgIpc) is 2.38. The molecule has 1 aliphatic carbocycles. The SMILES string of the molecule is COc1ccc(NC2CCCC(S(C)(=O)=O)C2)cc1Cl. The molecule has 0 aromatic heterocycles. The highest BCUT2D eigenvalue weighted by atomic mass is 35.5. The first-order chi connectivity index (χ1) is 9.40. The monoisotopic (exact) mass is 317 g/mol. The maximum absolute atomic E-state index is 11.7. The molecule has 0 spiro atoms. The van der Waals surface area contributed by atoms with Crippen LogP contribution in [-0.4, -0.2) is 33.1 Å². The van der Waals surface area contributed by atoms with Crippen LogP contribution >= 0.6 is 11.6 Å². The van der Waals surface area contributed by atoms with Crippen LogP contribution in [0.5, 0.6) is 5.75 Å². The van der Waals surface area contributed by atoms with Crippen molar-refractivity contribution < 1.29 is 13.2 Å². The van der Waals surface area contributed by atoms with Crippen molar-refractivity contribution in [2.24, 2.45) is 0 Å². The predicted octanol–water partition coefficient (Wildman–Crippen LogP) is 3.12. The summed E-state index contributed by atoms with van der Waals surface area (Å²) in [4.78, 5) is 0. The standard InChI is InChI=1S/C14H20ClNO3S/c1-19-14-7-6-11(9-13(14)15)16-10-4-3-5-12(8-10)20(2,17)18/h6-7,9-10,12,16H,3-5,8H2,1-2H3. The van der Waals surface area contributed by atoms with Gasteiger partial charge in [-0.05, 0) is 37.5 Å². The Labute approximate surface area is 125 Å². The Morgan fingerprint density at radius 3 is 2.70 bits per heavy atom. The van der Waals surface area contributed by atoms with Crippen molar-refractivity contribution in [3.8, 4) is 5.75 Å². The topological polar surface area (TPSA) is 55.4 Å². The van der Waals surface area contributed by atoms with Crippen LogP contribution in [-0.2, 0) is 9.84 Å².